The molecule has 0 bridgehead atoms. The first kappa shape index (κ1) is 35.0. The van der Waals surface area contributed by atoms with Gasteiger partial charge in [0.1, 0.15) is 34.6 Å². The first-order valence-corrected chi connectivity index (χ1v) is 17.1. The van der Waals surface area contributed by atoms with E-state index in [-0.39, 0.29) is 88.9 Å². The predicted octanol–water partition coefficient (Wildman–Crippen LogP) is 6.24. The van der Waals surface area contributed by atoms with E-state index >= 15 is 4.39 Å². The average molecular weight is 746 g/mol. The number of halogens is 2. The van der Waals surface area contributed by atoms with Crippen LogP contribution in [0.5, 0.6) is 5.75 Å². The van der Waals surface area contributed by atoms with E-state index < -0.39 is 41.2 Å². The van der Waals surface area contributed by atoms with Crippen molar-refractivity contribution < 1.29 is 47.7 Å². The number of hydrogen-bond acceptors (Lipinski definition) is 9. The van der Waals surface area contributed by atoms with E-state index in [4.69, 9.17) is 4.42 Å². The maximum atomic E-state index is 15.8. The molecule has 55 heavy (non-hydrogen) atoms. The molecule has 4 aromatic carbocycles. The van der Waals surface area contributed by atoms with Gasteiger partial charge in [0.25, 0.3) is 5.91 Å². The summed E-state index contributed by atoms with van der Waals surface area (Å²) in [5.74, 6) is -6.45. The number of piperazine rings is 1. The lowest BCUT2D eigenvalue weighted by atomic mass is 9.89. The number of benzene rings is 5. The third-order valence-corrected chi connectivity index (χ3v) is 10.1. The Bertz CT molecular complexity index is 2620. The Balaban J connectivity index is 1.10. The van der Waals surface area contributed by atoms with Gasteiger partial charge in [-0.2, -0.15) is 0 Å². The fourth-order valence-electron chi connectivity index (χ4n) is 7.37. The minimum Gasteiger partial charge on any atom is -0.508 e. The summed E-state index contributed by atoms with van der Waals surface area (Å²) in [5.41, 5.74) is 1.62. The van der Waals surface area contributed by atoms with E-state index in [9.17, 15) is 43.7 Å². The minimum atomic E-state index is -1.46. The fraction of sp³-hybridized carbons (Fsp3) is 0.146. The number of anilines is 3. The Labute approximate surface area is 310 Å². The number of phenols is 1. The largest absolute Gasteiger partial charge is 0.508 e. The topological polar surface area (TPSA) is 169 Å². The second-order valence-electron chi connectivity index (χ2n) is 13.3. The van der Waals surface area contributed by atoms with Gasteiger partial charge in [-0.3, -0.25) is 19.2 Å². The van der Waals surface area contributed by atoms with Gasteiger partial charge in [-0.1, -0.05) is 0 Å². The average Bonchev–Trinajstić information content (AvgIpc) is 3.17. The molecular weight excluding hydrogens is 716 g/mol. The lowest BCUT2D eigenvalue weighted by molar-refractivity contribution is -0.139. The second kappa shape index (κ2) is 13.4. The number of carboxylic acid groups (broad SMARTS) is 2. The standard InChI is InChI=1S/C41H29F2N3O9/c42-22-2-4-23(5-3-22)46-20-31(41(53)54)38(49)30-18-32(43)34(19-33(30)46)44-11-13-45(14-12-44)39(50)21-1-8-26(40(51)52)29(15-21)37-27-9-6-24(47)16-35(27)55-36-17-25(48)7-10-28(36)37/h1-10,15-19,31,47H,11-14,20H2,(H,51,52)(H,53,54). The molecule has 1 aliphatic carbocycles. The van der Waals surface area contributed by atoms with Gasteiger partial charge in [-0.15, -0.1) is 0 Å². The monoisotopic (exact) mass is 745 g/mol. The van der Waals surface area contributed by atoms with Gasteiger partial charge in [-0.05, 0) is 84.4 Å². The number of aliphatic carboxylic acids is 1. The highest BCUT2D eigenvalue weighted by molar-refractivity contribution is 6.14. The molecule has 3 aliphatic heterocycles. The van der Waals surface area contributed by atoms with Crippen molar-refractivity contribution in [3.8, 4) is 28.2 Å². The number of aromatic carboxylic acids is 1. The van der Waals surface area contributed by atoms with Crippen molar-refractivity contribution in [2.45, 2.75) is 0 Å². The van der Waals surface area contributed by atoms with Crippen molar-refractivity contribution in [2.75, 3.05) is 42.5 Å². The molecule has 3 N–H and O–H groups in total. The van der Waals surface area contributed by atoms with Crippen LogP contribution in [0.3, 0.4) is 0 Å². The highest BCUT2D eigenvalue weighted by Crippen LogP contribution is 2.43. The molecule has 8 rings (SSSR count). The number of amides is 1. The van der Waals surface area contributed by atoms with Crippen molar-refractivity contribution in [3.05, 3.63) is 130 Å². The molecule has 4 aliphatic rings. The van der Waals surface area contributed by atoms with Crippen molar-refractivity contribution in [2.24, 2.45) is 5.92 Å². The zero-order valence-electron chi connectivity index (χ0n) is 28.7. The van der Waals surface area contributed by atoms with Crippen LogP contribution in [-0.2, 0) is 4.79 Å². The molecule has 0 saturated carbocycles. The summed E-state index contributed by atoms with van der Waals surface area (Å²) in [4.78, 5) is 68.7. The van der Waals surface area contributed by atoms with Crippen LogP contribution >= 0.6 is 0 Å². The Hall–Kier alpha value is -7.09. The van der Waals surface area contributed by atoms with Gasteiger partial charge in [0, 0.05) is 78.2 Å². The molecule has 3 heterocycles. The number of carbonyl (C=O) groups excluding carboxylic acids is 2. The van der Waals surface area contributed by atoms with Crippen molar-refractivity contribution in [1.29, 1.82) is 0 Å². The molecular formula is C41H29F2N3O9. The Kier molecular flexibility index (Phi) is 8.52. The van der Waals surface area contributed by atoms with Gasteiger partial charge in [0.15, 0.2) is 11.2 Å². The first-order valence-electron chi connectivity index (χ1n) is 17.1. The molecule has 0 aromatic heterocycles. The van der Waals surface area contributed by atoms with Crippen LogP contribution in [0.1, 0.15) is 31.1 Å². The van der Waals surface area contributed by atoms with Crippen molar-refractivity contribution >= 4 is 51.7 Å². The molecule has 1 saturated heterocycles. The lowest BCUT2D eigenvalue weighted by Gasteiger charge is -2.38. The number of fused-ring (bicyclic) bond motifs is 3. The Morgan fingerprint density at radius 2 is 1.49 bits per heavy atom. The number of Topliss-reactive ketones (excluding diaryl/α,β-unsaturated/α-hetero) is 1. The van der Waals surface area contributed by atoms with Crippen LogP contribution in [0, 0.1) is 17.6 Å². The smallest absolute Gasteiger partial charge is 0.336 e. The summed E-state index contributed by atoms with van der Waals surface area (Å²) < 4.78 is 35.4. The van der Waals surface area contributed by atoms with Gasteiger partial charge in [-0.25, -0.2) is 13.6 Å². The van der Waals surface area contributed by atoms with Gasteiger partial charge in [0.2, 0.25) is 0 Å². The molecule has 1 amide bonds. The highest BCUT2D eigenvalue weighted by Gasteiger charge is 2.39. The maximum Gasteiger partial charge on any atom is 0.336 e. The minimum absolute atomic E-state index is 0.109. The number of phenolic OH excluding ortho intramolecular Hbond substituents is 1. The third-order valence-electron chi connectivity index (χ3n) is 10.1. The molecule has 1 atom stereocenters. The number of carboxylic acids is 2. The molecule has 1 unspecified atom stereocenters. The first-order chi connectivity index (χ1) is 26.4. The molecule has 4 aromatic rings. The number of aromatic hydroxyl groups is 1. The number of nitrogens with zero attached hydrogens (tertiary/aromatic N) is 3. The lowest BCUT2D eigenvalue weighted by Crippen LogP contribution is -2.49. The maximum absolute atomic E-state index is 15.8. The van der Waals surface area contributed by atoms with Crippen LogP contribution in [-0.4, -0.2) is 76.6 Å². The molecule has 0 spiro atoms. The zero-order chi connectivity index (χ0) is 38.7. The zero-order valence-corrected chi connectivity index (χ0v) is 28.7. The Morgan fingerprint density at radius 1 is 0.745 bits per heavy atom. The number of ketones is 1. The molecule has 1 fully saturated rings. The van der Waals surface area contributed by atoms with Gasteiger partial charge >= 0.3 is 11.9 Å². The molecule has 0 radical (unpaired) electrons. The summed E-state index contributed by atoms with van der Waals surface area (Å²) in [5, 5.41) is 30.5. The highest BCUT2D eigenvalue weighted by atomic mass is 19.1. The van der Waals surface area contributed by atoms with E-state index in [2.05, 4.69) is 0 Å². The van der Waals surface area contributed by atoms with Crippen molar-refractivity contribution in [3.63, 3.8) is 0 Å². The molecule has 12 nitrogen and oxygen atoms in total. The van der Waals surface area contributed by atoms with E-state index in [0.29, 0.717) is 22.2 Å². The quantitative estimate of drug-likeness (QED) is 0.130. The van der Waals surface area contributed by atoms with Crippen LogP contribution in [0.25, 0.3) is 33.4 Å². The van der Waals surface area contributed by atoms with E-state index in [1.807, 2.05) is 0 Å². The van der Waals surface area contributed by atoms with Crippen LogP contribution in [0.4, 0.5) is 25.8 Å². The number of rotatable bonds is 6. The van der Waals surface area contributed by atoms with Crippen LogP contribution < -0.4 is 15.2 Å². The summed E-state index contributed by atoms with van der Waals surface area (Å²) >= 11 is 0. The van der Waals surface area contributed by atoms with Crippen LogP contribution in [0.2, 0.25) is 0 Å². The van der Waals surface area contributed by atoms with Crippen molar-refractivity contribution in [1.82, 2.24) is 4.90 Å². The van der Waals surface area contributed by atoms with E-state index in [1.54, 1.807) is 20.8 Å². The summed E-state index contributed by atoms with van der Waals surface area (Å²) in [7, 11) is 0. The Morgan fingerprint density at radius 3 is 2.20 bits per heavy atom. The second-order valence-corrected chi connectivity index (χ2v) is 13.3. The third kappa shape index (κ3) is 6.16. The summed E-state index contributed by atoms with van der Waals surface area (Å²) in [6.07, 6.45) is 0. The molecule has 276 valence electrons. The van der Waals surface area contributed by atoms with Crippen LogP contribution in [0.15, 0.2) is 100 Å². The van der Waals surface area contributed by atoms with Gasteiger partial charge < -0.3 is 34.4 Å². The fourth-order valence-corrected chi connectivity index (χ4v) is 7.37. The number of carbonyl (C=O) groups is 4. The normalized spacial score (nSPS) is 15.7. The van der Waals surface area contributed by atoms with E-state index in [0.717, 1.165) is 6.07 Å². The van der Waals surface area contributed by atoms with E-state index in [1.165, 1.54) is 78.9 Å². The predicted molar refractivity (Wildman–Crippen MR) is 197 cm³/mol. The summed E-state index contributed by atoms with van der Waals surface area (Å²) in [6.45, 7) is 0.415. The molecule has 14 heteroatoms. The number of hydrogen-bond donors (Lipinski definition) is 3. The SMILES string of the molecule is O=C(O)c1ccc(C(=O)N2CCN(c3cc4c(cc3F)C(=O)C(C(=O)O)CN4c3ccc(F)cc3)CC2)cc1-c1c2ccc(=O)cc-2oc2cc(O)ccc12. The summed E-state index contributed by atoms with van der Waals surface area (Å²) in [6, 6.07) is 20.4. The van der Waals surface area contributed by atoms with Gasteiger partial charge in [0.05, 0.1) is 16.9 Å².